The van der Waals surface area contributed by atoms with Gasteiger partial charge in [-0.25, -0.2) is 4.98 Å². The number of thiazole rings is 1. The van der Waals surface area contributed by atoms with Crippen LogP contribution in [0.4, 0.5) is 0 Å². The van der Waals surface area contributed by atoms with Crippen LogP contribution in [0.5, 0.6) is 0 Å². The van der Waals surface area contributed by atoms with Gasteiger partial charge in [0.05, 0.1) is 12.1 Å². The number of amides is 1. The zero-order chi connectivity index (χ0) is 15.7. The highest BCUT2D eigenvalue weighted by Gasteiger charge is 2.34. The van der Waals surface area contributed by atoms with Crippen LogP contribution in [0.2, 0.25) is 0 Å². The van der Waals surface area contributed by atoms with Crippen molar-refractivity contribution in [1.82, 2.24) is 9.88 Å². The third-order valence-electron chi connectivity index (χ3n) is 3.93. The van der Waals surface area contributed by atoms with E-state index in [4.69, 9.17) is 0 Å². The fraction of sp³-hybridized carbons (Fsp3) is 0.444. The first kappa shape index (κ1) is 15.2. The molecule has 1 heterocycles. The minimum Gasteiger partial charge on any atom is -0.337 e. The van der Waals surface area contributed by atoms with Crippen molar-refractivity contribution < 1.29 is 4.79 Å². The summed E-state index contributed by atoms with van der Waals surface area (Å²) in [6.07, 6.45) is 2.71. The summed E-state index contributed by atoms with van der Waals surface area (Å²) in [4.78, 5) is 19.2. The third kappa shape index (κ3) is 3.38. The van der Waals surface area contributed by atoms with Crippen LogP contribution in [0.25, 0.3) is 10.6 Å². The molecule has 3 nitrogen and oxygen atoms in total. The summed E-state index contributed by atoms with van der Waals surface area (Å²) in [5.74, 6) is 0.207. The SMILES string of the molecule is Cc1cccc(-c2nc(CC(=O)N(C(C)C)C3CC3)cs2)c1. The first-order chi connectivity index (χ1) is 10.5. The van der Waals surface area contributed by atoms with Gasteiger partial charge in [-0.1, -0.05) is 23.8 Å². The Morgan fingerprint density at radius 3 is 2.82 bits per heavy atom. The monoisotopic (exact) mass is 314 g/mol. The molecule has 0 atom stereocenters. The van der Waals surface area contributed by atoms with Crippen LogP contribution >= 0.6 is 11.3 Å². The Morgan fingerprint density at radius 1 is 1.41 bits per heavy atom. The fourth-order valence-corrected chi connectivity index (χ4v) is 3.63. The zero-order valence-electron chi connectivity index (χ0n) is 13.4. The molecule has 4 heteroatoms. The largest absolute Gasteiger partial charge is 0.337 e. The lowest BCUT2D eigenvalue weighted by molar-refractivity contribution is -0.132. The number of aryl methyl sites for hydroxylation is 1. The summed E-state index contributed by atoms with van der Waals surface area (Å²) < 4.78 is 0. The standard InChI is InChI=1S/C18H22N2OS/c1-12(2)20(16-7-8-16)17(21)10-15-11-22-18(19-15)14-6-4-5-13(3)9-14/h4-6,9,11-12,16H,7-8,10H2,1-3H3. The van der Waals surface area contributed by atoms with Crippen LogP contribution in [0, 0.1) is 6.92 Å². The van der Waals surface area contributed by atoms with Crippen LogP contribution in [-0.4, -0.2) is 27.9 Å². The van der Waals surface area contributed by atoms with E-state index >= 15 is 0 Å². The van der Waals surface area contributed by atoms with Crippen LogP contribution in [0.15, 0.2) is 29.6 Å². The number of carbonyl (C=O) groups excluding carboxylic acids is 1. The van der Waals surface area contributed by atoms with Gasteiger partial charge in [0.1, 0.15) is 5.01 Å². The smallest absolute Gasteiger partial charge is 0.229 e. The number of benzene rings is 1. The van der Waals surface area contributed by atoms with E-state index in [9.17, 15) is 4.79 Å². The van der Waals surface area contributed by atoms with E-state index in [1.165, 1.54) is 5.56 Å². The molecule has 0 aliphatic heterocycles. The number of carbonyl (C=O) groups is 1. The van der Waals surface area contributed by atoms with Crippen molar-refractivity contribution in [2.24, 2.45) is 0 Å². The number of hydrogen-bond acceptors (Lipinski definition) is 3. The highest BCUT2D eigenvalue weighted by molar-refractivity contribution is 7.13. The average Bonchev–Trinajstić information content (AvgIpc) is 3.16. The number of nitrogens with zero attached hydrogens (tertiary/aromatic N) is 2. The van der Waals surface area contributed by atoms with Gasteiger partial charge < -0.3 is 4.90 Å². The molecule has 1 aromatic heterocycles. The van der Waals surface area contributed by atoms with Crippen molar-refractivity contribution in [3.05, 3.63) is 40.9 Å². The third-order valence-corrected chi connectivity index (χ3v) is 4.87. The van der Waals surface area contributed by atoms with Crippen LogP contribution in [0.3, 0.4) is 0 Å². The lowest BCUT2D eigenvalue weighted by Crippen LogP contribution is -2.39. The molecule has 0 radical (unpaired) electrons. The van der Waals surface area contributed by atoms with Crippen LogP contribution in [-0.2, 0) is 11.2 Å². The van der Waals surface area contributed by atoms with Gasteiger partial charge in [-0.3, -0.25) is 4.79 Å². The molecule has 0 bridgehead atoms. The topological polar surface area (TPSA) is 33.2 Å². The molecule has 1 aliphatic carbocycles. The molecule has 1 amide bonds. The lowest BCUT2D eigenvalue weighted by atomic mass is 10.1. The van der Waals surface area contributed by atoms with E-state index in [-0.39, 0.29) is 11.9 Å². The van der Waals surface area contributed by atoms with Crippen molar-refractivity contribution >= 4 is 17.2 Å². The molecule has 0 saturated heterocycles. The molecule has 1 fully saturated rings. The Bertz CT molecular complexity index is 671. The lowest BCUT2D eigenvalue weighted by Gasteiger charge is -2.26. The van der Waals surface area contributed by atoms with Gasteiger partial charge in [0.2, 0.25) is 5.91 Å². The molecule has 116 valence electrons. The normalized spacial score (nSPS) is 14.4. The van der Waals surface area contributed by atoms with E-state index in [1.54, 1.807) is 11.3 Å². The van der Waals surface area contributed by atoms with Crippen molar-refractivity contribution in [1.29, 1.82) is 0 Å². The van der Waals surface area contributed by atoms with E-state index < -0.39 is 0 Å². The van der Waals surface area contributed by atoms with Crippen molar-refractivity contribution in [3.8, 4) is 10.6 Å². The Kier molecular flexibility index (Phi) is 4.30. The molecule has 0 unspecified atom stereocenters. The van der Waals surface area contributed by atoms with Crippen LogP contribution in [0.1, 0.15) is 37.9 Å². The second-order valence-corrected chi connectivity index (χ2v) is 7.17. The zero-order valence-corrected chi connectivity index (χ0v) is 14.2. The van der Waals surface area contributed by atoms with E-state index in [0.717, 1.165) is 29.1 Å². The molecular formula is C18H22N2OS. The van der Waals surface area contributed by atoms with Gasteiger partial charge in [-0.2, -0.15) is 0 Å². The number of aromatic nitrogens is 1. The summed E-state index contributed by atoms with van der Waals surface area (Å²) in [7, 11) is 0. The maximum absolute atomic E-state index is 12.5. The summed E-state index contributed by atoms with van der Waals surface area (Å²) in [6.45, 7) is 6.27. The molecule has 1 aromatic carbocycles. The molecule has 22 heavy (non-hydrogen) atoms. The Hall–Kier alpha value is -1.68. The first-order valence-corrected chi connectivity index (χ1v) is 8.75. The van der Waals surface area contributed by atoms with Gasteiger partial charge >= 0.3 is 0 Å². The summed E-state index contributed by atoms with van der Waals surface area (Å²) in [5, 5.41) is 3.01. The second-order valence-electron chi connectivity index (χ2n) is 6.32. The van der Waals surface area contributed by atoms with E-state index in [2.05, 4.69) is 44.0 Å². The molecule has 0 N–H and O–H groups in total. The minimum atomic E-state index is 0.207. The minimum absolute atomic E-state index is 0.207. The predicted octanol–water partition coefficient (Wildman–Crippen LogP) is 4.06. The highest BCUT2D eigenvalue weighted by Crippen LogP contribution is 2.30. The van der Waals surface area contributed by atoms with Gasteiger partial charge in [-0.05, 0) is 39.7 Å². The predicted molar refractivity (Wildman–Crippen MR) is 91.0 cm³/mol. The maximum Gasteiger partial charge on any atom is 0.229 e. The Labute approximate surface area is 136 Å². The van der Waals surface area contributed by atoms with Gasteiger partial charge in [0, 0.05) is 23.0 Å². The molecule has 1 saturated carbocycles. The summed E-state index contributed by atoms with van der Waals surface area (Å²) in [5.41, 5.74) is 3.24. The van der Waals surface area contributed by atoms with Crippen molar-refractivity contribution in [3.63, 3.8) is 0 Å². The Balaban J connectivity index is 1.72. The highest BCUT2D eigenvalue weighted by atomic mass is 32.1. The van der Waals surface area contributed by atoms with E-state index in [0.29, 0.717) is 12.5 Å². The van der Waals surface area contributed by atoms with Gasteiger partial charge in [0.15, 0.2) is 0 Å². The van der Waals surface area contributed by atoms with Gasteiger partial charge in [0.25, 0.3) is 0 Å². The van der Waals surface area contributed by atoms with Crippen LogP contribution < -0.4 is 0 Å². The summed E-state index contributed by atoms with van der Waals surface area (Å²) in [6, 6.07) is 9.07. The Morgan fingerprint density at radius 2 is 2.18 bits per heavy atom. The number of hydrogen-bond donors (Lipinski definition) is 0. The first-order valence-electron chi connectivity index (χ1n) is 7.87. The molecule has 0 spiro atoms. The molecular weight excluding hydrogens is 292 g/mol. The average molecular weight is 314 g/mol. The fourth-order valence-electron chi connectivity index (χ4n) is 2.81. The maximum atomic E-state index is 12.5. The number of rotatable bonds is 5. The summed E-state index contributed by atoms with van der Waals surface area (Å²) >= 11 is 1.62. The molecule has 1 aliphatic rings. The second kappa shape index (κ2) is 6.21. The molecule has 3 rings (SSSR count). The quantitative estimate of drug-likeness (QED) is 0.834. The van der Waals surface area contributed by atoms with Gasteiger partial charge in [-0.15, -0.1) is 11.3 Å². The van der Waals surface area contributed by atoms with E-state index in [1.807, 2.05) is 16.3 Å². The van der Waals surface area contributed by atoms with Crippen molar-refractivity contribution in [2.75, 3.05) is 0 Å². The molecule has 2 aromatic rings. The van der Waals surface area contributed by atoms with Crippen molar-refractivity contribution in [2.45, 2.75) is 52.1 Å².